The van der Waals surface area contributed by atoms with Gasteiger partial charge >= 0.3 is 0 Å². The molecular weight excluding hydrogens is 424 g/mol. The highest BCUT2D eigenvalue weighted by Crippen LogP contribution is 2.31. The first-order valence-corrected chi connectivity index (χ1v) is 9.87. The van der Waals surface area contributed by atoms with Crippen molar-refractivity contribution < 1.29 is 32.6 Å². The third-order valence-corrected chi connectivity index (χ3v) is 5.13. The molecule has 3 amide bonds. The summed E-state index contributed by atoms with van der Waals surface area (Å²) in [4.78, 5) is 40.5. The quantitative estimate of drug-likeness (QED) is 0.728. The van der Waals surface area contributed by atoms with Gasteiger partial charge in [0.2, 0.25) is 5.91 Å². The van der Waals surface area contributed by atoms with Crippen molar-refractivity contribution >= 4 is 17.7 Å². The number of carbonyl (C=O) groups excluding carboxylic acids is 3. The second-order valence-electron chi connectivity index (χ2n) is 7.03. The molecule has 0 spiro atoms. The first kappa shape index (κ1) is 23.0. The maximum atomic E-state index is 13.3. The summed E-state index contributed by atoms with van der Waals surface area (Å²) >= 11 is 0. The average molecular weight is 447 g/mol. The second kappa shape index (κ2) is 10.1. The zero-order chi connectivity index (χ0) is 23.3. The van der Waals surface area contributed by atoms with Gasteiger partial charge in [-0.05, 0) is 30.3 Å². The molecule has 0 bridgehead atoms. The Morgan fingerprint density at radius 1 is 0.938 bits per heavy atom. The minimum atomic E-state index is -1.14. The maximum absolute atomic E-state index is 13.3. The van der Waals surface area contributed by atoms with Gasteiger partial charge in [-0.25, -0.2) is 8.78 Å². The van der Waals surface area contributed by atoms with Crippen molar-refractivity contribution in [1.29, 1.82) is 0 Å². The standard InChI is InChI=1S/C22H23F2N3O5/c1-31-18-5-3-4-15(20(18)32-2)22(30)27-10-8-26(9-11-27)19(28)13-25-21(29)14-6-7-16(23)17(24)12-14/h3-7,12H,8-11,13H2,1-2H3,(H,25,29). The van der Waals surface area contributed by atoms with E-state index >= 15 is 0 Å². The highest BCUT2D eigenvalue weighted by Gasteiger charge is 2.27. The van der Waals surface area contributed by atoms with Gasteiger partial charge in [-0.1, -0.05) is 6.07 Å². The van der Waals surface area contributed by atoms with Gasteiger partial charge in [0.05, 0.1) is 26.3 Å². The molecular formula is C22H23F2N3O5. The van der Waals surface area contributed by atoms with E-state index in [0.717, 1.165) is 18.2 Å². The largest absolute Gasteiger partial charge is 0.493 e. The Hall–Kier alpha value is -3.69. The molecule has 1 N–H and O–H groups in total. The van der Waals surface area contributed by atoms with Crippen LogP contribution < -0.4 is 14.8 Å². The normalized spacial score (nSPS) is 13.5. The Morgan fingerprint density at radius 3 is 2.25 bits per heavy atom. The van der Waals surface area contributed by atoms with Crippen LogP contribution in [0.25, 0.3) is 0 Å². The number of methoxy groups -OCH3 is 2. The Kier molecular flexibility index (Phi) is 7.24. The Labute approximate surface area is 183 Å². The van der Waals surface area contributed by atoms with E-state index in [1.54, 1.807) is 23.1 Å². The molecule has 10 heteroatoms. The number of nitrogens with one attached hydrogen (secondary N) is 1. The van der Waals surface area contributed by atoms with E-state index in [2.05, 4.69) is 5.32 Å². The number of halogens is 2. The van der Waals surface area contributed by atoms with Crippen LogP contribution >= 0.6 is 0 Å². The molecule has 1 aliphatic rings. The van der Waals surface area contributed by atoms with Gasteiger partial charge in [-0.3, -0.25) is 14.4 Å². The number of benzene rings is 2. The molecule has 170 valence electrons. The summed E-state index contributed by atoms with van der Waals surface area (Å²) in [6.45, 7) is 0.898. The van der Waals surface area contributed by atoms with Crippen molar-refractivity contribution in [3.63, 3.8) is 0 Å². The van der Waals surface area contributed by atoms with Gasteiger partial charge in [0.15, 0.2) is 23.1 Å². The fourth-order valence-electron chi connectivity index (χ4n) is 3.39. The van der Waals surface area contributed by atoms with E-state index in [-0.39, 0.29) is 37.0 Å². The predicted octanol–water partition coefficient (Wildman–Crippen LogP) is 1.70. The molecule has 2 aromatic rings. The van der Waals surface area contributed by atoms with E-state index in [0.29, 0.717) is 30.2 Å². The molecule has 0 saturated carbocycles. The zero-order valence-corrected chi connectivity index (χ0v) is 17.7. The van der Waals surface area contributed by atoms with Crippen LogP contribution in [0.15, 0.2) is 36.4 Å². The average Bonchev–Trinajstić information content (AvgIpc) is 2.82. The second-order valence-corrected chi connectivity index (χ2v) is 7.03. The summed E-state index contributed by atoms with van der Waals surface area (Å²) in [6.07, 6.45) is 0. The molecule has 8 nitrogen and oxygen atoms in total. The SMILES string of the molecule is COc1cccc(C(=O)N2CCN(C(=O)CNC(=O)c3ccc(F)c(F)c3)CC2)c1OC. The van der Waals surface area contributed by atoms with Crippen LogP contribution in [-0.2, 0) is 4.79 Å². The molecule has 2 aromatic carbocycles. The lowest BCUT2D eigenvalue weighted by atomic mass is 10.1. The Morgan fingerprint density at radius 2 is 1.62 bits per heavy atom. The number of rotatable bonds is 6. The van der Waals surface area contributed by atoms with Gasteiger partial charge in [-0.2, -0.15) is 0 Å². The van der Waals surface area contributed by atoms with Crippen molar-refractivity contribution in [3.8, 4) is 11.5 Å². The monoisotopic (exact) mass is 447 g/mol. The van der Waals surface area contributed by atoms with Gasteiger partial charge in [-0.15, -0.1) is 0 Å². The lowest BCUT2D eigenvalue weighted by Crippen LogP contribution is -2.52. The number of carbonyl (C=O) groups is 3. The highest BCUT2D eigenvalue weighted by atomic mass is 19.2. The number of hydrogen-bond acceptors (Lipinski definition) is 5. The maximum Gasteiger partial charge on any atom is 0.257 e. The third-order valence-electron chi connectivity index (χ3n) is 5.13. The lowest BCUT2D eigenvalue weighted by Gasteiger charge is -2.35. The summed E-state index contributed by atoms with van der Waals surface area (Å²) in [6, 6.07) is 7.79. The minimum absolute atomic E-state index is 0.0839. The van der Waals surface area contributed by atoms with Crippen LogP contribution in [0.2, 0.25) is 0 Å². The minimum Gasteiger partial charge on any atom is -0.493 e. The van der Waals surface area contributed by atoms with Gasteiger partial charge in [0.1, 0.15) is 0 Å². The van der Waals surface area contributed by atoms with E-state index in [4.69, 9.17) is 9.47 Å². The van der Waals surface area contributed by atoms with Gasteiger partial charge < -0.3 is 24.6 Å². The number of amides is 3. The van der Waals surface area contributed by atoms with Crippen molar-refractivity contribution in [3.05, 3.63) is 59.2 Å². The highest BCUT2D eigenvalue weighted by molar-refractivity contribution is 5.98. The van der Waals surface area contributed by atoms with Crippen LogP contribution in [0.3, 0.4) is 0 Å². The predicted molar refractivity (Wildman–Crippen MR) is 111 cm³/mol. The summed E-state index contributed by atoms with van der Waals surface area (Å²) in [5.41, 5.74) is 0.282. The Balaban J connectivity index is 1.54. The lowest BCUT2D eigenvalue weighted by molar-refractivity contribution is -0.131. The smallest absolute Gasteiger partial charge is 0.257 e. The molecule has 0 unspecified atom stereocenters. The van der Waals surface area contributed by atoms with E-state index in [1.165, 1.54) is 19.1 Å². The van der Waals surface area contributed by atoms with Crippen LogP contribution in [0.4, 0.5) is 8.78 Å². The van der Waals surface area contributed by atoms with E-state index < -0.39 is 17.5 Å². The Bertz CT molecular complexity index is 1020. The van der Waals surface area contributed by atoms with Crippen molar-refractivity contribution in [2.45, 2.75) is 0 Å². The number of piperazine rings is 1. The van der Waals surface area contributed by atoms with Gasteiger partial charge in [0.25, 0.3) is 11.8 Å². The summed E-state index contributed by atoms with van der Waals surface area (Å²) in [7, 11) is 2.95. The van der Waals surface area contributed by atoms with Gasteiger partial charge in [0, 0.05) is 31.7 Å². The first-order valence-electron chi connectivity index (χ1n) is 9.87. The van der Waals surface area contributed by atoms with Crippen molar-refractivity contribution in [1.82, 2.24) is 15.1 Å². The first-order chi connectivity index (χ1) is 15.3. The molecule has 0 aromatic heterocycles. The zero-order valence-electron chi connectivity index (χ0n) is 17.7. The van der Waals surface area contributed by atoms with E-state index in [9.17, 15) is 23.2 Å². The third kappa shape index (κ3) is 4.96. The van der Waals surface area contributed by atoms with Crippen LogP contribution in [0, 0.1) is 11.6 Å². The van der Waals surface area contributed by atoms with Crippen molar-refractivity contribution in [2.24, 2.45) is 0 Å². The molecule has 0 atom stereocenters. The number of para-hydroxylation sites is 1. The molecule has 1 aliphatic heterocycles. The molecule has 0 radical (unpaired) electrons. The molecule has 32 heavy (non-hydrogen) atoms. The molecule has 1 fully saturated rings. The number of nitrogens with zero attached hydrogens (tertiary/aromatic N) is 2. The number of hydrogen-bond donors (Lipinski definition) is 1. The topological polar surface area (TPSA) is 88.2 Å². The molecule has 0 aliphatic carbocycles. The molecule has 1 heterocycles. The van der Waals surface area contributed by atoms with Crippen LogP contribution in [-0.4, -0.2) is 74.5 Å². The fourth-order valence-corrected chi connectivity index (χ4v) is 3.39. The van der Waals surface area contributed by atoms with Crippen LogP contribution in [0.5, 0.6) is 11.5 Å². The number of ether oxygens (including phenoxy) is 2. The summed E-state index contributed by atoms with van der Waals surface area (Å²) in [5.74, 6) is -2.67. The summed E-state index contributed by atoms with van der Waals surface area (Å²) < 4.78 is 36.8. The molecule has 1 saturated heterocycles. The summed E-state index contributed by atoms with van der Waals surface area (Å²) in [5, 5.41) is 2.40. The van der Waals surface area contributed by atoms with Crippen LogP contribution in [0.1, 0.15) is 20.7 Å². The fraction of sp³-hybridized carbons (Fsp3) is 0.318. The molecule has 3 rings (SSSR count). The van der Waals surface area contributed by atoms with E-state index in [1.807, 2.05) is 0 Å². The van der Waals surface area contributed by atoms with Crippen molar-refractivity contribution in [2.75, 3.05) is 46.9 Å².